The highest BCUT2D eigenvalue weighted by Gasteiger charge is 2.25. The van der Waals surface area contributed by atoms with Crippen LogP contribution in [-0.2, 0) is 0 Å². The van der Waals surface area contributed by atoms with Crippen molar-refractivity contribution < 1.29 is 14.1 Å². The predicted molar refractivity (Wildman–Crippen MR) is 102 cm³/mol. The number of hydrogen-bond acceptors (Lipinski definition) is 7. The van der Waals surface area contributed by atoms with Crippen LogP contribution in [0.4, 0.5) is 5.13 Å². The largest absolute Gasteiger partial charge is 0.494 e. The molecule has 2 aromatic heterocycles. The predicted octanol–water partition coefficient (Wildman–Crippen LogP) is 3.20. The second-order valence-electron chi connectivity index (χ2n) is 6.25. The van der Waals surface area contributed by atoms with Crippen molar-refractivity contribution in [1.29, 1.82) is 0 Å². The number of benzene rings is 1. The fourth-order valence-electron chi connectivity index (χ4n) is 2.62. The average molecular weight is 374 g/mol. The van der Waals surface area contributed by atoms with Gasteiger partial charge in [0.05, 0.1) is 17.5 Å². The van der Waals surface area contributed by atoms with Crippen LogP contribution in [0.2, 0.25) is 0 Å². The summed E-state index contributed by atoms with van der Waals surface area (Å²) in [6, 6.07) is 7.40. The molecule has 0 aliphatic carbocycles. The van der Waals surface area contributed by atoms with E-state index >= 15 is 0 Å². The summed E-state index contributed by atoms with van der Waals surface area (Å²) in [6.45, 7) is 3.20. The van der Waals surface area contributed by atoms with Gasteiger partial charge < -0.3 is 14.2 Å². The molecule has 0 unspecified atom stereocenters. The molecule has 0 saturated heterocycles. The molecule has 3 aromatic rings. The maximum absolute atomic E-state index is 13.0. The molecule has 2 heterocycles. The van der Waals surface area contributed by atoms with E-state index in [4.69, 9.17) is 9.26 Å². The highest BCUT2D eigenvalue weighted by Crippen LogP contribution is 2.34. The monoisotopic (exact) mass is 374 g/mol. The fraction of sp³-hybridized carbons (Fsp3) is 0.389. The third-order valence-electron chi connectivity index (χ3n) is 3.89. The molecule has 1 aromatic carbocycles. The molecule has 8 heteroatoms. The van der Waals surface area contributed by atoms with Crippen molar-refractivity contribution in [3.05, 3.63) is 35.7 Å². The number of carbonyl (C=O) groups is 1. The third-order valence-corrected chi connectivity index (χ3v) is 4.94. The summed E-state index contributed by atoms with van der Waals surface area (Å²) < 4.78 is 11.5. The van der Waals surface area contributed by atoms with Gasteiger partial charge in [-0.3, -0.25) is 9.69 Å². The second kappa shape index (κ2) is 7.84. The molecule has 0 fully saturated rings. The van der Waals surface area contributed by atoms with E-state index in [0.29, 0.717) is 23.1 Å². The van der Waals surface area contributed by atoms with Gasteiger partial charge >= 0.3 is 0 Å². The van der Waals surface area contributed by atoms with Crippen molar-refractivity contribution in [3.8, 4) is 5.75 Å². The van der Waals surface area contributed by atoms with Gasteiger partial charge in [0, 0.05) is 12.6 Å². The molecule has 26 heavy (non-hydrogen) atoms. The van der Waals surface area contributed by atoms with Crippen molar-refractivity contribution in [2.24, 2.45) is 0 Å². The zero-order valence-electron chi connectivity index (χ0n) is 15.4. The Morgan fingerprint density at radius 1 is 1.31 bits per heavy atom. The summed E-state index contributed by atoms with van der Waals surface area (Å²) in [5.41, 5.74) is 1.43. The summed E-state index contributed by atoms with van der Waals surface area (Å²) in [5.74, 6) is 0.683. The zero-order chi connectivity index (χ0) is 18.7. The molecular formula is C18H22N4O3S. The van der Waals surface area contributed by atoms with Gasteiger partial charge in [0.1, 0.15) is 11.3 Å². The fourth-order valence-corrected chi connectivity index (χ4v) is 3.63. The van der Waals surface area contributed by atoms with Gasteiger partial charge in [0.25, 0.3) is 5.91 Å². The Kier molecular flexibility index (Phi) is 5.53. The highest BCUT2D eigenvalue weighted by molar-refractivity contribution is 7.22. The first kappa shape index (κ1) is 18.3. The Hall–Kier alpha value is -2.45. The van der Waals surface area contributed by atoms with E-state index in [2.05, 4.69) is 15.0 Å². The van der Waals surface area contributed by atoms with E-state index in [0.717, 1.165) is 23.2 Å². The van der Waals surface area contributed by atoms with Gasteiger partial charge in [-0.2, -0.15) is 0 Å². The molecule has 7 nitrogen and oxygen atoms in total. The molecule has 0 spiro atoms. The van der Waals surface area contributed by atoms with E-state index < -0.39 is 0 Å². The van der Waals surface area contributed by atoms with Gasteiger partial charge in [-0.25, -0.2) is 4.98 Å². The van der Waals surface area contributed by atoms with E-state index in [9.17, 15) is 4.79 Å². The standard InChI is InChI=1S/C18H22N4O3S/c1-12-11-14(25-20-12)17(23)22(10-6-9-21(2)3)18-19-16-13(24-4)7-5-8-15(16)26-18/h5,7-8,11H,6,9-10H2,1-4H3. The lowest BCUT2D eigenvalue weighted by atomic mass is 10.3. The van der Waals surface area contributed by atoms with Crippen molar-refractivity contribution >= 4 is 32.6 Å². The van der Waals surface area contributed by atoms with Gasteiger partial charge in [-0.1, -0.05) is 22.6 Å². The first-order valence-electron chi connectivity index (χ1n) is 8.33. The van der Waals surface area contributed by atoms with E-state index in [1.807, 2.05) is 32.3 Å². The maximum atomic E-state index is 13.0. The molecule has 0 N–H and O–H groups in total. The number of methoxy groups -OCH3 is 1. The number of thiazole rings is 1. The molecule has 0 aliphatic rings. The molecule has 138 valence electrons. The minimum Gasteiger partial charge on any atom is -0.494 e. The van der Waals surface area contributed by atoms with Gasteiger partial charge in [-0.15, -0.1) is 0 Å². The van der Waals surface area contributed by atoms with Crippen LogP contribution < -0.4 is 9.64 Å². The molecule has 0 bridgehead atoms. The van der Waals surface area contributed by atoms with Gasteiger partial charge in [0.2, 0.25) is 5.76 Å². The number of nitrogens with zero attached hydrogens (tertiary/aromatic N) is 4. The van der Waals surface area contributed by atoms with Gasteiger partial charge in [-0.05, 0) is 46.1 Å². The Labute approximate surface area is 156 Å². The van der Waals surface area contributed by atoms with Crippen LogP contribution in [0.15, 0.2) is 28.8 Å². The van der Waals surface area contributed by atoms with Crippen LogP contribution in [-0.4, -0.2) is 55.2 Å². The number of hydrogen-bond donors (Lipinski definition) is 0. The van der Waals surface area contributed by atoms with Crippen LogP contribution in [0.5, 0.6) is 5.75 Å². The second-order valence-corrected chi connectivity index (χ2v) is 7.26. The van der Waals surface area contributed by atoms with E-state index in [1.54, 1.807) is 25.0 Å². The van der Waals surface area contributed by atoms with Crippen molar-refractivity contribution in [2.45, 2.75) is 13.3 Å². The van der Waals surface area contributed by atoms with Crippen LogP contribution in [0.25, 0.3) is 10.2 Å². The van der Waals surface area contributed by atoms with Crippen molar-refractivity contribution in [2.75, 3.05) is 39.2 Å². The van der Waals surface area contributed by atoms with Crippen LogP contribution in [0, 0.1) is 6.92 Å². The van der Waals surface area contributed by atoms with Crippen LogP contribution in [0.3, 0.4) is 0 Å². The number of para-hydroxylation sites is 1. The Morgan fingerprint density at radius 2 is 2.12 bits per heavy atom. The number of fused-ring (bicyclic) bond motifs is 1. The third kappa shape index (κ3) is 3.86. The lowest BCUT2D eigenvalue weighted by molar-refractivity contribution is 0.0950. The van der Waals surface area contributed by atoms with Crippen molar-refractivity contribution in [1.82, 2.24) is 15.0 Å². The number of aromatic nitrogens is 2. The number of ether oxygens (including phenoxy) is 1. The maximum Gasteiger partial charge on any atom is 0.298 e. The molecular weight excluding hydrogens is 352 g/mol. The normalized spacial score (nSPS) is 11.3. The lowest BCUT2D eigenvalue weighted by Gasteiger charge is -2.19. The molecule has 3 rings (SSSR count). The van der Waals surface area contributed by atoms with Crippen LogP contribution in [0.1, 0.15) is 22.7 Å². The van der Waals surface area contributed by atoms with Gasteiger partial charge in [0.15, 0.2) is 5.13 Å². The Bertz CT molecular complexity index is 903. The summed E-state index contributed by atoms with van der Waals surface area (Å²) in [5, 5.41) is 4.45. The molecule has 0 radical (unpaired) electrons. The quantitative estimate of drug-likeness (QED) is 0.632. The molecule has 0 aliphatic heterocycles. The minimum atomic E-state index is -0.234. The minimum absolute atomic E-state index is 0.221. The summed E-state index contributed by atoms with van der Waals surface area (Å²) >= 11 is 1.46. The number of anilines is 1. The number of amides is 1. The molecule has 1 amide bonds. The summed E-state index contributed by atoms with van der Waals surface area (Å²) in [7, 11) is 5.63. The molecule has 0 atom stereocenters. The smallest absolute Gasteiger partial charge is 0.298 e. The highest BCUT2D eigenvalue weighted by atomic mass is 32.1. The Balaban J connectivity index is 1.95. The first-order chi connectivity index (χ1) is 12.5. The topological polar surface area (TPSA) is 71.7 Å². The number of aryl methyl sites for hydroxylation is 1. The SMILES string of the molecule is COc1cccc2sc(N(CCCN(C)C)C(=O)c3cc(C)no3)nc12. The first-order valence-corrected chi connectivity index (χ1v) is 9.14. The summed E-state index contributed by atoms with van der Waals surface area (Å²) in [4.78, 5) is 21.4. The number of carbonyl (C=O) groups excluding carboxylic acids is 1. The number of rotatable bonds is 7. The van der Waals surface area contributed by atoms with E-state index in [1.165, 1.54) is 11.3 Å². The van der Waals surface area contributed by atoms with Crippen molar-refractivity contribution in [3.63, 3.8) is 0 Å². The molecule has 0 saturated carbocycles. The van der Waals surface area contributed by atoms with Crippen LogP contribution >= 0.6 is 11.3 Å². The Morgan fingerprint density at radius 3 is 2.77 bits per heavy atom. The summed E-state index contributed by atoms with van der Waals surface area (Å²) in [6.07, 6.45) is 0.818. The average Bonchev–Trinajstić information content (AvgIpc) is 3.23. The lowest BCUT2D eigenvalue weighted by Crippen LogP contribution is -2.33. The zero-order valence-corrected chi connectivity index (χ0v) is 16.2. The van der Waals surface area contributed by atoms with E-state index in [-0.39, 0.29) is 11.7 Å².